The second-order valence-electron chi connectivity index (χ2n) is 6.37. The number of ether oxygens (including phenoxy) is 2. The van der Waals surface area contributed by atoms with E-state index < -0.39 is 5.91 Å². The summed E-state index contributed by atoms with van der Waals surface area (Å²) < 4.78 is 12.2. The number of rotatable bonds is 6. The molecule has 0 bridgehead atoms. The van der Waals surface area contributed by atoms with E-state index in [1.54, 1.807) is 47.0 Å². The zero-order chi connectivity index (χ0) is 19.5. The lowest BCUT2D eigenvalue weighted by atomic mass is 10.2. The van der Waals surface area contributed by atoms with Crippen molar-refractivity contribution >= 4 is 23.0 Å². The van der Waals surface area contributed by atoms with Crippen molar-refractivity contribution in [1.82, 2.24) is 14.7 Å². The van der Waals surface area contributed by atoms with Crippen molar-refractivity contribution in [2.24, 2.45) is 0 Å². The number of unbranched alkanes of at least 4 members (excludes halogenated alkanes) is 1. The number of aromatic nitrogens is 2. The fraction of sp³-hybridized carbons (Fsp3) is 0.250. The number of nitrogens with one attached hydrogen (secondary N) is 2. The number of nitrogens with zero attached hydrogens (tertiary/aromatic N) is 2. The van der Waals surface area contributed by atoms with Crippen molar-refractivity contribution in [3.05, 3.63) is 54.1 Å². The Morgan fingerprint density at radius 2 is 2.00 bits per heavy atom. The molecule has 1 aromatic carbocycles. The van der Waals surface area contributed by atoms with Gasteiger partial charge in [0.15, 0.2) is 17.2 Å². The molecule has 1 aliphatic rings. The first-order valence-corrected chi connectivity index (χ1v) is 9.13. The molecule has 0 spiro atoms. The zero-order valence-corrected chi connectivity index (χ0v) is 15.4. The number of anilines is 1. The smallest absolute Gasteiger partial charge is 0.292 e. The Labute approximate surface area is 161 Å². The number of amides is 2. The predicted molar refractivity (Wildman–Crippen MR) is 103 cm³/mol. The lowest BCUT2D eigenvalue weighted by Gasteiger charge is -2.05. The topological polar surface area (TPSA) is 94.0 Å². The quantitative estimate of drug-likeness (QED) is 0.642. The van der Waals surface area contributed by atoms with Crippen molar-refractivity contribution in [3.8, 4) is 11.5 Å². The van der Waals surface area contributed by atoms with E-state index in [1.807, 2.05) is 0 Å². The fourth-order valence-corrected chi connectivity index (χ4v) is 2.99. The van der Waals surface area contributed by atoms with Crippen LogP contribution in [-0.2, 0) is 0 Å². The van der Waals surface area contributed by atoms with E-state index in [9.17, 15) is 9.59 Å². The molecule has 28 heavy (non-hydrogen) atoms. The summed E-state index contributed by atoms with van der Waals surface area (Å²) in [5.74, 6) is 0.623. The number of imidazole rings is 1. The van der Waals surface area contributed by atoms with Gasteiger partial charge in [-0.1, -0.05) is 19.4 Å². The molecule has 4 rings (SSSR count). The van der Waals surface area contributed by atoms with Gasteiger partial charge < -0.3 is 20.1 Å². The number of benzene rings is 1. The molecule has 0 unspecified atom stereocenters. The van der Waals surface area contributed by atoms with E-state index in [1.165, 1.54) is 0 Å². The van der Waals surface area contributed by atoms with Crippen LogP contribution in [0.25, 0.3) is 5.52 Å². The van der Waals surface area contributed by atoms with E-state index in [4.69, 9.17) is 9.47 Å². The van der Waals surface area contributed by atoms with Crippen LogP contribution < -0.4 is 20.1 Å². The molecular weight excluding hydrogens is 360 g/mol. The summed E-state index contributed by atoms with van der Waals surface area (Å²) in [6.45, 7) is 2.78. The monoisotopic (exact) mass is 380 g/mol. The van der Waals surface area contributed by atoms with Gasteiger partial charge in [0.1, 0.15) is 0 Å². The number of pyridine rings is 1. The molecule has 0 saturated carbocycles. The molecular formula is C20H20N4O4. The highest BCUT2D eigenvalue weighted by atomic mass is 16.7. The molecule has 0 radical (unpaired) electrons. The third-order valence-corrected chi connectivity index (χ3v) is 4.41. The third kappa shape index (κ3) is 3.36. The van der Waals surface area contributed by atoms with Gasteiger partial charge in [0.05, 0.1) is 5.52 Å². The Kier molecular flexibility index (Phi) is 4.84. The van der Waals surface area contributed by atoms with Gasteiger partial charge in [0.25, 0.3) is 11.8 Å². The normalized spacial score (nSPS) is 12.2. The molecule has 0 atom stereocenters. The van der Waals surface area contributed by atoms with E-state index in [2.05, 4.69) is 22.5 Å². The molecule has 8 nitrogen and oxygen atoms in total. The van der Waals surface area contributed by atoms with Crippen molar-refractivity contribution in [2.45, 2.75) is 19.8 Å². The molecule has 3 aromatic rings. The molecule has 3 heterocycles. The largest absolute Gasteiger partial charge is 0.454 e. The summed E-state index contributed by atoms with van der Waals surface area (Å²) in [4.78, 5) is 29.7. The number of carbonyl (C=O) groups excluding carboxylic acids is 2. The van der Waals surface area contributed by atoms with E-state index in [0.29, 0.717) is 29.2 Å². The molecule has 0 fully saturated rings. The molecule has 144 valence electrons. The highest BCUT2D eigenvalue weighted by molar-refractivity contribution is 6.06. The van der Waals surface area contributed by atoms with Gasteiger partial charge in [-0.25, -0.2) is 4.98 Å². The lowest BCUT2D eigenvalue weighted by Crippen LogP contribution is -2.25. The van der Waals surface area contributed by atoms with Crippen LogP contribution in [0.2, 0.25) is 0 Å². The summed E-state index contributed by atoms with van der Waals surface area (Å²) in [7, 11) is 0. The second-order valence-corrected chi connectivity index (χ2v) is 6.37. The van der Waals surface area contributed by atoms with Crippen molar-refractivity contribution < 1.29 is 19.1 Å². The summed E-state index contributed by atoms with van der Waals surface area (Å²) in [5.41, 5.74) is 1.36. The second kappa shape index (κ2) is 7.59. The minimum absolute atomic E-state index is 0.133. The molecule has 2 aromatic heterocycles. The number of hydrogen-bond donors (Lipinski definition) is 2. The van der Waals surface area contributed by atoms with Gasteiger partial charge in [0.2, 0.25) is 12.6 Å². The van der Waals surface area contributed by atoms with Crippen LogP contribution >= 0.6 is 0 Å². The van der Waals surface area contributed by atoms with Gasteiger partial charge >= 0.3 is 0 Å². The maximum absolute atomic E-state index is 12.8. The van der Waals surface area contributed by atoms with Crippen LogP contribution in [0, 0.1) is 0 Å². The Morgan fingerprint density at radius 1 is 1.14 bits per heavy atom. The highest BCUT2D eigenvalue weighted by Gasteiger charge is 2.22. The first-order valence-electron chi connectivity index (χ1n) is 9.13. The Hall–Kier alpha value is -3.55. The van der Waals surface area contributed by atoms with Gasteiger partial charge in [-0.3, -0.25) is 14.0 Å². The first kappa shape index (κ1) is 17.8. The van der Waals surface area contributed by atoms with E-state index in [-0.39, 0.29) is 24.2 Å². The highest BCUT2D eigenvalue weighted by Crippen LogP contribution is 2.34. The first-order chi connectivity index (χ1) is 13.7. The standard InChI is InChI=1S/C20H20N4O4/c1-2-3-9-21-19(25)17-14-6-4-5-10-24(14)18(23-17)20(26)22-13-7-8-15-16(11-13)28-12-27-15/h4-8,10-11H,2-3,9,12H2,1H3,(H,21,25)(H,22,26). The maximum Gasteiger partial charge on any atom is 0.292 e. The number of hydrogen-bond acceptors (Lipinski definition) is 5. The molecule has 1 aliphatic heterocycles. The Bertz CT molecular complexity index is 1040. The number of fused-ring (bicyclic) bond motifs is 2. The fourth-order valence-electron chi connectivity index (χ4n) is 2.99. The summed E-state index contributed by atoms with van der Waals surface area (Å²) >= 11 is 0. The van der Waals surface area contributed by atoms with Crippen LogP contribution in [-0.4, -0.2) is 34.5 Å². The van der Waals surface area contributed by atoms with Gasteiger partial charge in [0, 0.05) is 24.5 Å². The SMILES string of the molecule is CCCCNC(=O)c1nc(C(=O)Nc2ccc3c(c2)OCO3)n2ccccc12. The summed E-state index contributed by atoms with van der Waals surface area (Å²) in [6, 6.07) is 10.5. The molecule has 0 saturated heterocycles. The summed E-state index contributed by atoms with van der Waals surface area (Å²) in [6.07, 6.45) is 3.57. The minimum atomic E-state index is -0.423. The van der Waals surface area contributed by atoms with Gasteiger partial charge in [-0.15, -0.1) is 0 Å². The average molecular weight is 380 g/mol. The zero-order valence-electron chi connectivity index (χ0n) is 15.4. The van der Waals surface area contributed by atoms with Crippen LogP contribution in [0.4, 0.5) is 5.69 Å². The summed E-state index contributed by atoms with van der Waals surface area (Å²) in [5, 5.41) is 5.64. The molecule has 2 N–H and O–H groups in total. The van der Waals surface area contributed by atoms with Crippen LogP contribution in [0.1, 0.15) is 40.9 Å². The van der Waals surface area contributed by atoms with Crippen LogP contribution in [0.3, 0.4) is 0 Å². The van der Waals surface area contributed by atoms with E-state index in [0.717, 1.165) is 12.8 Å². The average Bonchev–Trinajstić information content (AvgIpc) is 3.32. The Balaban J connectivity index is 1.61. The van der Waals surface area contributed by atoms with E-state index >= 15 is 0 Å². The van der Waals surface area contributed by atoms with Crippen molar-refractivity contribution in [2.75, 3.05) is 18.7 Å². The van der Waals surface area contributed by atoms with Gasteiger partial charge in [-0.2, -0.15) is 0 Å². The lowest BCUT2D eigenvalue weighted by molar-refractivity contribution is 0.0950. The van der Waals surface area contributed by atoms with Gasteiger partial charge in [-0.05, 0) is 30.7 Å². The predicted octanol–water partition coefficient (Wildman–Crippen LogP) is 2.85. The number of carbonyl (C=O) groups is 2. The van der Waals surface area contributed by atoms with Crippen LogP contribution in [0.15, 0.2) is 42.6 Å². The maximum atomic E-state index is 12.8. The molecule has 8 heteroatoms. The Morgan fingerprint density at radius 3 is 2.86 bits per heavy atom. The third-order valence-electron chi connectivity index (χ3n) is 4.41. The van der Waals surface area contributed by atoms with Crippen molar-refractivity contribution in [1.29, 1.82) is 0 Å². The molecule has 0 aliphatic carbocycles. The van der Waals surface area contributed by atoms with Crippen LogP contribution in [0.5, 0.6) is 11.5 Å². The minimum Gasteiger partial charge on any atom is -0.454 e. The molecule has 2 amide bonds. The van der Waals surface area contributed by atoms with Crippen molar-refractivity contribution in [3.63, 3.8) is 0 Å².